The molecule has 0 aliphatic rings. The van der Waals surface area contributed by atoms with Crippen molar-refractivity contribution >= 4 is 17.6 Å². The summed E-state index contributed by atoms with van der Waals surface area (Å²) < 4.78 is 0. The molecule has 0 aliphatic carbocycles. The highest BCUT2D eigenvalue weighted by Crippen LogP contribution is 2.32. The Morgan fingerprint density at radius 2 is 1.90 bits per heavy atom. The molecule has 0 aliphatic heterocycles. The van der Waals surface area contributed by atoms with Crippen LogP contribution in [0.5, 0.6) is 0 Å². The van der Waals surface area contributed by atoms with E-state index in [0.29, 0.717) is 12.2 Å². The Morgan fingerprint density at radius 1 is 1.29 bits per heavy atom. The Kier molecular flexibility index (Phi) is 5.90. The third kappa shape index (κ3) is 4.29. The van der Waals surface area contributed by atoms with Crippen LogP contribution < -0.4 is 10.6 Å². The molecular weight excluding hydrogens is 268 g/mol. The number of aliphatic carboxylic acids is 1. The van der Waals surface area contributed by atoms with E-state index in [0.717, 1.165) is 5.56 Å². The summed E-state index contributed by atoms with van der Waals surface area (Å²) in [6.45, 7) is 5.88. The average Bonchev–Trinajstić information content (AvgIpc) is 2.40. The van der Waals surface area contributed by atoms with Gasteiger partial charge in [-0.05, 0) is 31.5 Å². The van der Waals surface area contributed by atoms with E-state index in [9.17, 15) is 14.7 Å². The molecule has 1 atom stereocenters. The minimum absolute atomic E-state index is 0.0477. The van der Waals surface area contributed by atoms with Gasteiger partial charge in [0, 0.05) is 18.7 Å². The number of hydrogen-bond donors (Lipinski definition) is 3. The molecule has 1 amide bonds. The van der Waals surface area contributed by atoms with Crippen molar-refractivity contribution < 1.29 is 14.7 Å². The lowest BCUT2D eigenvalue weighted by Gasteiger charge is -2.28. The highest BCUT2D eigenvalue weighted by molar-refractivity contribution is 5.94. The number of rotatable bonds is 7. The number of hydrogen-bond acceptors (Lipinski definition) is 3. The normalized spacial score (nSPS) is 13.8. The number of nitrogens with one attached hydrogen (secondary N) is 2. The summed E-state index contributed by atoms with van der Waals surface area (Å²) >= 11 is 0. The summed E-state index contributed by atoms with van der Waals surface area (Å²) in [6.07, 6.45) is -0.0477. The zero-order chi connectivity index (χ0) is 16.0. The lowest BCUT2D eigenvalue weighted by molar-refractivity contribution is -0.153. The number of para-hydroxylation sites is 1. The number of carboxylic acids is 1. The van der Waals surface area contributed by atoms with Gasteiger partial charge in [0.15, 0.2) is 0 Å². The van der Waals surface area contributed by atoms with Gasteiger partial charge in [0.2, 0.25) is 5.91 Å². The number of carbonyl (C=O) groups is 2. The Balaban J connectivity index is 2.85. The standard InChI is InChI=1S/C16H24N2O3/c1-11(2)16(3,15(20)21)9-14(19)18-13-8-6-5-7-12(13)10-17-4/h5-8,11,17H,9-10H2,1-4H3,(H,18,19)(H,20,21). The second-order valence-corrected chi connectivity index (χ2v) is 5.79. The first-order valence-electron chi connectivity index (χ1n) is 7.07. The van der Waals surface area contributed by atoms with E-state index < -0.39 is 11.4 Å². The van der Waals surface area contributed by atoms with Crippen LogP contribution in [0.15, 0.2) is 24.3 Å². The molecule has 1 aromatic rings. The molecule has 0 heterocycles. The van der Waals surface area contributed by atoms with Crippen molar-refractivity contribution in [1.29, 1.82) is 0 Å². The summed E-state index contributed by atoms with van der Waals surface area (Å²) in [5, 5.41) is 15.2. The van der Waals surface area contributed by atoms with Crippen LogP contribution in [0.3, 0.4) is 0 Å². The summed E-state index contributed by atoms with van der Waals surface area (Å²) in [5.74, 6) is -1.36. The topological polar surface area (TPSA) is 78.4 Å². The van der Waals surface area contributed by atoms with E-state index in [-0.39, 0.29) is 18.2 Å². The minimum atomic E-state index is -1.07. The van der Waals surface area contributed by atoms with Gasteiger partial charge in [0.1, 0.15) is 0 Å². The fourth-order valence-corrected chi connectivity index (χ4v) is 2.04. The molecule has 1 rings (SSSR count). The smallest absolute Gasteiger partial charge is 0.310 e. The Bertz CT molecular complexity index is 514. The monoisotopic (exact) mass is 292 g/mol. The number of benzene rings is 1. The first-order chi connectivity index (χ1) is 9.81. The molecule has 0 aromatic heterocycles. The first kappa shape index (κ1) is 17.2. The van der Waals surface area contributed by atoms with Crippen LogP contribution in [0.4, 0.5) is 5.69 Å². The van der Waals surface area contributed by atoms with Gasteiger partial charge in [0.05, 0.1) is 5.41 Å². The molecule has 5 heteroatoms. The van der Waals surface area contributed by atoms with Gasteiger partial charge in [-0.3, -0.25) is 9.59 Å². The van der Waals surface area contributed by atoms with Gasteiger partial charge < -0.3 is 15.7 Å². The van der Waals surface area contributed by atoms with Gasteiger partial charge in [-0.1, -0.05) is 32.0 Å². The molecule has 0 spiro atoms. The highest BCUT2D eigenvalue weighted by atomic mass is 16.4. The molecule has 1 unspecified atom stereocenters. The quantitative estimate of drug-likeness (QED) is 0.721. The lowest BCUT2D eigenvalue weighted by atomic mass is 9.76. The van der Waals surface area contributed by atoms with E-state index in [1.165, 1.54) is 0 Å². The number of amides is 1. The van der Waals surface area contributed by atoms with Gasteiger partial charge >= 0.3 is 5.97 Å². The third-order valence-corrected chi connectivity index (χ3v) is 3.95. The van der Waals surface area contributed by atoms with Crippen molar-refractivity contribution in [2.75, 3.05) is 12.4 Å². The zero-order valence-electron chi connectivity index (χ0n) is 13.1. The molecule has 0 saturated carbocycles. The van der Waals surface area contributed by atoms with E-state index in [1.807, 2.05) is 45.2 Å². The van der Waals surface area contributed by atoms with Crippen molar-refractivity contribution in [2.24, 2.45) is 11.3 Å². The summed E-state index contributed by atoms with van der Waals surface area (Å²) in [7, 11) is 1.83. The van der Waals surface area contributed by atoms with Gasteiger partial charge in [0.25, 0.3) is 0 Å². The fraction of sp³-hybridized carbons (Fsp3) is 0.500. The van der Waals surface area contributed by atoms with Crippen LogP contribution >= 0.6 is 0 Å². The Hall–Kier alpha value is -1.88. The molecule has 0 fully saturated rings. The molecule has 5 nitrogen and oxygen atoms in total. The maximum atomic E-state index is 12.2. The van der Waals surface area contributed by atoms with Crippen LogP contribution in [0.1, 0.15) is 32.8 Å². The molecule has 3 N–H and O–H groups in total. The second kappa shape index (κ2) is 7.22. The predicted molar refractivity (Wildman–Crippen MR) is 83.0 cm³/mol. The van der Waals surface area contributed by atoms with Crippen LogP contribution in [-0.2, 0) is 16.1 Å². The van der Waals surface area contributed by atoms with E-state index >= 15 is 0 Å². The number of carbonyl (C=O) groups excluding carboxylic acids is 1. The van der Waals surface area contributed by atoms with Crippen molar-refractivity contribution in [1.82, 2.24) is 5.32 Å². The average molecular weight is 292 g/mol. The summed E-state index contributed by atoms with van der Waals surface area (Å²) in [6, 6.07) is 7.48. The predicted octanol–water partition coefficient (Wildman–Crippen LogP) is 2.48. The van der Waals surface area contributed by atoms with Crippen LogP contribution in [-0.4, -0.2) is 24.0 Å². The second-order valence-electron chi connectivity index (χ2n) is 5.79. The van der Waals surface area contributed by atoms with Crippen molar-refractivity contribution in [3.05, 3.63) is 29.8 Å². The summed E-state index contributed by atoms with van der Waals surface area (Å²) in [5.41, 5.74) is 0.616. The molecule has 0 saturated heterocycles. The SMILES string of the molecule is CNCc1ccccc1NC(=O)CC(C)(C(=O)O)C(C)C. The number of anilines is 1. The maximum Gasteiger partial charge on any atom is 0.310 e. The van der Waals surface area contributed by atoms with Crippen LogP contribution in [0.2, 0.25) is 0 Å². The largest absolute Gasteiger partial charge is 0.481 e. The van der Waals surface area contributed by atoms with Crippen LogP contribution in [0.25, 0.3) is 0 Å². The Morgan fingerprint density at radius 3 is 2.43 bits per heavy atom. The van der Waals surface area contributed by atoms with E-state index in [2.05, 4.69) is 10.6 Å². The van der Waals surface area contributed by atoms with E-state index in [1.54, 1.807) is 6.92 Å². The number of carboxylic acid groups (broad SMARTS) is 1. The van der Waals surface area contributed by atoms with E-state index in [4.69, 9.17) is 0 Å². The van der Waals surface area contributed by atoms with Crippen molar-refractivity contribution in [2.45, 2.75) is 33.7 Å². The lowest BCUT2D eigenvalue weighted by Crippen LogP contribution is -2.37. The first-order valence-corrected chi connectivity index (χ1v) is 7.07. The molecule has 116 valence electrons. The summed E-state index contributed by atoms with van der Waals surface area (Å²) in [4.78, 5) is 23.6. The molecule has 1 aromatic carbocycles. The Labute approximate surface area is 125 Å². The molecule has 21 heavy (non-hydrogen) atoms. The minimum Gasteiger partial charge on any atom is -0.481 e. The molecule has 0 radical (unpaired) electrons. The van der Waals surface area contributed by atoms with Gasteiger partial charge in [-0.15, -0.1) is 0 Å². The van der Waals surface area contributed by atoms with Crippen LogP contribution in [0, 0.1) is 11.3 Å². The van der Waals surface area contributed by atoms with Crippen molar-refractivity contribution in [3.63, 3.8) is 0 Å². The zero-order valence-corrected chi connectivity index (χ0v) is 13.1. The van der Waals surface area contributed by atoms with Gasteiger partial charge in [-0.25, -0.2) is 0 Å². The van der Waals surface area contributed by atoms with Crippen molar-refractivity contribution in [3.8, 4) is 0 Å². The third-order valence-electron chi connectivity index (χ3n) is 3.95. The highest BCUT2D eigenvalue weighted by Gasteiger charge is 2.38. The maximum absolute atomic E-state index is 12.2. The fourth-order valence-electron chi connectivity index (χ4n) is 2.04. The molecular formula is C16H24N2O3. The molecule has 0 bridgehead atoms. The van der Waals surface area contributed by atoms with Gasteiger partial charge in [-0.2, -0.15) is 0 Å².